The third-order valence-electron chi connectivity index (χ3n) is 4.05. The van der Waals surface area contributed by atoms with Crippen molar-refractivity contribution < 1.29 is 0 Å². The van der Waals surface area contributed by atoms with Crippen LogP contribution in [0.1, 0.15) is 66.9 Å². The lowest BCUT2D eigenvalue weighted by Crippen LogP contribution is -2.40. The normalized spacial score (nSPS) is 12.4. The molecule has 2 nitrogen and oxygen atoms in total. The molecule has 0 aromatic heterocycles. The van der Waals surface area contributed by atoms with Gasteiger partial charge in [-0.1, -0.05) is 121 Å². The van der Waals surface area contributed by atoms with Crippen LogP contribution in [-0.2, 0) is 0 Å². The molecule has 0 spiro atoms. The van der Waals surface area contributed by atoms with E-state index in [1.807, 2.05) is 96.1 Å². The van der Waals surface area contributed by atoms with Gasteiger partial charge in [-0.15, -0.1) is 0 Å². The van der Waals surface area contributed by atoms with Crippen LogP contribution >= 0.6 is 0 Å². The van der Waals surface area contributed by atoms with E-state index in [0.29, 0.717) is 0 Å². The second-order valence-electron chi connectivity index (χ2n) is 5.81. The molecule has 1 aliphatic heterocycles. The minimum atomic E-state index is 0.780. The first-order chi connectivity index (χ1) is 14.3. The van der Waals surface area contributed by atoms with Gasteiger partial charge in [-0.05, 0) is 46.4 Å². The van der Waals surface area contributed by atoms with E-state index in [-0.39, 0.29) is 0 Å². The highest BCUT2D eigenvalue weighted by molar-refractivity contribution is 5.11. The molecule has 1 N–H and O–H groups in total. The van der Waals surface area contributed by atoms with Gasteiger partial charge in [0.25, 0.3) is 0 Å². The van der Waals surface area contributed by atoms with Gasteiger partial charge >= 0.3 is 0 Å². The van der Waals surface area contributed by atoms with Crippen molar-refractivity contribution in [3.63, 3.8) is 0 Å². The summed E-state index contributed by atoms with van der Waals surface area (Å²) in [5.41, 5.74) is 1.32. The fraction of sp³-hybridized carbons (Fsp3) is 0.556. The maximum atomic E-state index is 3.32. The summed E-state index contributed by atoms with van der Waals surface area (Å²) in [6, 6.07) is 23.0. The number of hydrogen-bond donors (Lipinski definition) is 1. The second-order valence-corrected chi connectivity index (χ2v) is 5.81. The summed E-state index contributed by atoms with van der Waals surface area (Å²) in [7, 11) is 2.06. The van der Waals surface area contributed by atoms with Crippen LogP contribution in [0.2, 0.25) is 0 Å². The number of hydrogen-bond acceptors (Lipinski definition) is 2. The first-order valence-corrected chi connectivity index (χ1v) is 11.7. The van der Waals surface area contributed by atoms with Gasteiger partial charge in [-0.2, -0.15) is 0 Å². The average molecular weight is 403 g/mol. The number of piperidine rings is 1. The molecule has 1 fully saturated rings. The molecule has 2 heteroatoms. The summed E-state index contributed by atoms with van der Waals surface area (Å²) in [4.78, 5) is 2.51. The number of rotatable bonds is 2. The number of nitrogens with zero attached hydrogens (tertiary/aromatic N) is 1. The lowest BCUT2D eigenvalue weighted by Gasteiger charge is -2.30. The molecule has 0 amide bonds. The largest absolute Gasteiger partial charge is 0.317 e. The molecular formula is C27H50N2. The smallest absolute Gasteiger partial charge is 0.00884 e. The molecule has 0 bridgehead atoms. The SMILES string of the molecule is CC.CC.CC.CCN1CCC(NC)CC1.Cc1ccccc1.c1ccccc1. The Labute approximate surface area is 183 Å². The maximum Gasteiger partial charge on any atom is 0.00884 e. The van der Waals surface area contributed by atoms with Crippen LogP contribution in [0.15, 0.2) is 66.7 Å². The van der Waals surface area contributed by atoms with Crippen LogP contribution in [0.4, 0.5) is 0 Å². The van der Waals surface area contributed by atoms with Crippen molar-refractivity contribution in [2.24, 2.45) is 0 Å². The van der Waals surface area contributed by atoms with Gasteiger partial charge in [0.2, 0.25) is 0 Å². The first-order valence-electron chi connectivity index (χ1n) is 11.7. The zero-order valence-electron chi connectivity index (χ0n) is 20.9. The molecule has 2 aromatic carbocycles. The van der Waals surface area contributed by atoms with E-state index in [4.69, 9.17) is 0 Å². The topological polar surface area (TPSA) is 15.3 Å². The highest BCUT2D eigenvalue weighted by Crippen LogP contribution is 2.08. The molecule has 1 heterocycles. The van der Waals surface area contributed by atoms with Crippen LogP contribution in [-0.4, -0.2) is 37.6 Å². The second kappa shape index (κ2) is 28.6. The molecule has 0 aliphatic carbocycles. The Morgan fingerprint density at radius 1 is 0.724 bits per heavy atom. The van der Waals surface area contributed by atoms with Crippen LogP contribution in [0.25, 0.3) is 0 Å². The summed E-state index contributed by atoms with van der Waals surface area (Å²) in [5.74, 6) is 0. The molecule has 29 heavy (non-hydrogen) atoms. The Hall–Kier alpha value is -1.64. The highest BCUT2D eigenvalue weighted by atomic mass is 15.1. The summed E-state index contributed by atoms with van der Waals surface area (Å²) in [6.07, 6.45) is 2.65. The quantitative estimate of drug-likeness (QED) is 0.561. The number of aryl methyl sites for hydroxylation is 1. The van der Waals surface area contributed by atoms with E-state index in [1.54, 1.807) is 0 Å². The van der Waals surface area contributed by atoms with Crippen molar-refractivity contribution >= 4 is 0 Å². The van der Waals surface area contributed by atoms with Gasteiger partial charge in [-0.3, -0.25) is 0 Å². The van der Waals surface area contributed by atoms with Crippen molar-refractivity contribution in [1.29, 1.82) is 0 Å². The van der Waals surface area contributed by atoms with Crippen molar-refractivity contribution in [1.82, 2.24) is 10.2 Å². The summed E-state index contributed by atoms with van der Waals surface area (Å²) in [5, 5.41) is 3.32. The lowest BCUT2D eigenvalue weighted by molar-refractivity contribution is 0.211. The molecule has 2 aromatic rings. The summed E-state index contributed by atoms with van der Waals surface area (Å²) in [6.45, 7) is 20.1. The zero-order chi connectivity index (χ0) is 22.8. The average Bonchev–Trinajstić information content (AvgIpc) is 2.85. The van der Waals surface area contributed by atoms with E-state index in [2.05, 4.69) is 43.2 Å². The molecule has 168 valence electrons. The molecular weight excluding hydrogens is 352 g/mol. The van der Waals surface area contributed by atoms with Gasteiger partial charge in [0.1, 0.15) is 0 Å². The van der Waals surface area contributed by atoms with Gasteiger partial charge < -0.3 is 10.2 Å². The lowest BCUT2D eigenvalue weighted by atomic mass is 10.1. The standard InChI is InChI=1S/C8H18N2.C7H8.C6H6.3C2H6/c1-3-10-6-4-8(9-2)5-7-10;1-7-5-3-2-4-6-7;1-2-4-6-5-3-1;3*1-2/h8-9H,3-7H2,1-2H3;2-6H,1H3;1-6H;3*1-2H3. The molecule has 1 saturated heterocycles. The molecule has 0 unspecified atom stereocenters. The van der Waals surface area contributed by atoms with Crippen LogP contribution in [0.3, 0.4) is 0 Å². The fourth-order valence-corrected chi connectivity index (χ4v) is 2.46. The predicted molar refractivity (Wildman–Crippen MR) is 136 cm³/mol. The Balaban J connectivity index is -0.000000316. The third kappa shape index (κ3) is 22.5. The molecule has 1 aliphatic rings. The molecule has 3 rings (SSSR count). The Bertz CT molecular complexity index is 424. The number of likely N-dealkylation sites (tertiary alicyclic amines) is 1. The fourth-order valence-electron chi connectivity index (χ4n) is 2.46. The van der Waals surface area contributed by atoms with Crippen LogP contribution in [0, 0.1) is 6.92 Å². The highest BCUT2D eigenvalue weighted by Gasteiger charge is 2.15. The Kier molecular flexibility index (Phi) is 31.6. The summed E-state index contributed by atoms with van der Waals surface area (Å²) < 4.78 is 0. The van der Waals surface area contributed by atoms with Crippen LogP contribution in [0.5, 0.6) is 0 Å². The van der Waals surface area contributed by atoms with Crippen molar-refractivity contribution in [3.8, 4) is 0 Å². The van der Waals surface area contributed by atoms with Crippen molar-refractivity contribution in [2.45, 2.75) is 74.3 Å². The van der Waals surface area contributed by atoms with Crippen molar-refractivity contribution in [3.05, 3.63) is 72.3 Å². The Morgan fingerprint density at radius 3 is 1.31 bits per heavy atom. The van der Waals surface area contributed by atoms with E-state index >= 15 is 0 Å². The van der Waals surface area contributed by atoms with Gasteiger partial charge in [-0.25, -0.2) is 0 Å². The zero-order valence-corrected chi connectivity index (χ0v) is 20.9. The molecule has 0 atom stereocenters. The Morgan fingerprint density at radius 2 is 1.07 bits per heavy atom. The minimum absolute atomic E-state index is 0.780. The van der Waals surface area contributed by atoms with E-state index in [0.717, 1.165) is 6.04 Å². The van der Waals surface area contributed by atoms with E-state index in [1.165, 1.54) is 38.0 Å². The molecule has 0 radical (unpaired) electrons. The van der Waals surface area contributed by atoms with Crippen LogP contribution < -0.4 is 5.32 Å². The van der Waals surface area contributed by atoms with E-state index < -0.39 is 0 Å². The predicted octanol–water partition coefficient (Wildman–Crippen LogP) is 7.45. The monoisotopic (exact) mass is 402 g/mol. The van der Waals surface area contributed by atoms with Gasteiger partial charge in [0.05, 0.1) is 0 Å². The maximum absolute atomic E-state index is 3.32. The number of nitrogens with one attached hydrogen (secondary N) is 1. The number of benzene rings is 2. The van der Waals surface area contributed by atoms with Crippen molar-refractivity contribution in [2.75, 3.05) is 26.7 Å². The van der Waals surface area contributed by atoms with Gasteiger partial charge in [0.15, 0.2) is 0 Å². The third-order valence-corrected chi connectivity index (χ3v) is 4.05. The van der Waals surface area contributed by atoms with E-state index in [9.17, 15) is 0 Å². The summed E-state index contributed by atoms with van der Waals surface area (Å²) >= 11 is 0. The molecule has 0 saturated carbocycles. The first kappa shape index (κ1) is 32.0. The van der Waals surface area contributed by atoms with Gasteiger partial charge in [0, 0.05) is 6.04 Å². The minimum Gasteiger partial charge on any atom is -0.317 e.